The molecule has 162 valence electrons. The van der Waals surface area contributed by atoms with Crippen molar-refractivity contribution in [2.45, 2.75) is 25.8 Å². The van der Waals surface area contributed by atoms with E-state index in [1.807, 2.05) is 43.3 Å². The van der Waals surface area contributed by atoms with E-state index in [0.717, 1.165) is 49.8 Å². The van der Waals surface area contributed by atoms with Crippen LogP contribution in [0.5, 0.6) is 11.5 Å². The molecule has 0 bridgehead atoms. The van der Waals surface area contributed by atoms with E-state index in [-0.39, 0.29) is 5.91 Å². The number of rotatable bonds is 9. The predicted octanol–water partition coefficient (Wildman–Crippen LogP) is 2.82. The number of amides is 1. The second-order valence-corrected chi connectivity index (χ2v) is 7.52. The maximum atomic E-state index is 12.5. The molecular weight excluding hydrogens is 380 g/mol. The zero-order chi connectivity index (χ0) is 21.3. The Balaban J connectivity index is 1.45. The molecule has 1 N–H and O–H groups in total. The van der Waals surface area contributed by atoms with Crippen molar-refractivity contribution in [1.82, 2.24) is 15.2 Å². The number of anilines is 1. The summed E-state index contributed by atoms with van der Waals surface area (Å²) in [5.41, 5.74) is 0.662. The molecule has 3 rings (SSSR count). The minimum absolute atomic E-state index is 0.0113. The van der Waals surface area contributed by atoms with Gasteiger partial charge in [0.05, 0.1) is 12.2 Å². The first kappa shape index (κ1) is 21.9. The third-order valence-electron chi connectivity index (χ3n) is 5.16. The fourth-order valence-electron chi connectivity index (χ4n) is 3.62. The Bertz CT molecular complexity index is 820. The molecule has 0 radical (unpaired) electrons. The second-order valence-electron chi connectivity index (χ2n) is 7.52. The quantitative estimate of drug-likeness (QED) is 0.639. The van der Waals surface area contributed by atoms with E-state index in [0.29, 0.717) is 24.8 Å². The van der Waals surface area contributed by atoms with Crippen molar-refractivity contribution in [3.63, 3.8) is 0 Å². The molecule has 7 nitrogen and oxygen atoms in total. The van der Waals surface area contributed by atoms with Crippen LogP contribution in [0, 0.1) is 0 Å². The number of ether oxygens (including phenoxy) is 2. The molecule has 0 aliphatic carbocycles. The topological polar surface area (TPSA) is 66.9 Å². The monoisotopic (exact) mass is 412 g/mol. The SMILES string of the molecule is CCOc1ccccc1OCCNC1CCN(c2ncccc2C(=O)N(C)C)CC1. The first-order valence-corrected chi connectivity index (χ1v) is 10.6. The van der Waals surface area contributed by atoms with Crippen LogP contribution in [-0.4, -0.2) is 68.8 Å². The van der Waals surface area contributed by atoms with E-state index >= 15 is 0 Å². The maximum Gasteiger partial charge on any atom is 0.257 e. The maximum absolute atomic E-state index is 12.5. The predicted molar refractivity (Wildman–Crippen MR) is 119 cm³/mol. The lowest BCUT2D eigenvalue weighted by atomic mass is 10.0. The third-order valence-corrected chi connectivity index (χ3v) is 5.16. The van der Waals surface area contributed by atoms with E-state index < -0.39 is 0 Å². The highest BCUT2D eigenvalue weighted by Crippen LogP contribution is 2.26. The fraction of sp³-hybridized carbons (Fsp3) is 0.478. The summed E-state index contributed by atoms with van der Waals surface area (Å²) in [5.74, 6) is 2.34. The molecule has 0 saturated carbocycles. The molecule has 2 aromatic rings. The summed E-state index contributed by atoms with van der Waals surface area (Å²) in [6, 6.07) is 11.9. The number of benzene rings is 1. The van der Waals surface area contributed by atoms with Gasteiger partial charge < -0.3 is 24.6 Å². The van der Waals surface area contributed by atoms with Gasteiger partial charge in [0, 0.05) is 46.0 Å². The van der Waals surface area contributed by atoms with E-state index in [9.17, 15) is 4.79 Å². The summed E-state index contributed by atoms with van der Waals surface area (Å²) in [4.78, 5) is 20.7. The van der Waals surface area contributed by atoms with Crippen LogP contribution in [0.15, 0.2) is 42.6 Å². The zero-order valence-corrected chi connectivity index (χ0v) is 18.1. The van der Waals surface area contributed by atoms with Crippen molar-refractivity contribution in [1.29, 1.82) is 0 Å². The second kappa shape index (κ2) is 10.8. The lowest BCUT2D eigenvalue weighted by Gasteiger charge is -2.34. The molecule has 2 heterocycles. The molecule has 7 heteroatoms. The molecule has 30 heavy (non-hydrogen) atoms. The molecule has 1 fully saturated rings. The van der Waals surface area contributed by atoms with E-state index in [1.165, 1.54) is 0 Å². The summed E-state index contributed by atoms with van der Waals surface area (Å²) in [7, 11) is 3.54. The minimum atomic E-state index is -0.0113. The average Bonchev–Trinajstić information content (AvgIpc) is 2.78. The van der Waals surface area contributed by atoms with Crippen LogP contribution in [-0.2, 0) is 0 Å². The van der Waals surface area contributed by atoms with Crippen molar-refractivity contribution < 1.29 is 14.3 Å². The first-order valence-electron chi connectivity index (χ1n) is 10.6. The van der Waals surface area contributed by atoms with Gasteiger partial charge >= 0.3 is 0 Å². The van der Waals surface area contributed by atoms with Crippen molar-refractivity contribution in [2.75, 3.05) is 51.8 Å². The average molecular weight is 413 g/mol. The van der Waals surface area contributed by atoms with Crippen LogP contribution < -0.4 is 19.7 Å². The highest BCUT2D eigenvalue weighted by atomic mass is 16.5. The number of carbonyl (C=O) groups is 1. The number of pyridine rings is 1. The molecule has 0 spiro atoms. The number of aromatic nitrogens is 1. The molecule has 1 amide bonds. The fourth-order valence-corrected chi connectivity index (χ4v) is 3.62. The van der Waals surface area contributed by atoms with Gasteiger partial charge in [-0.15, -0.1) is 0 Å². The van der Waals surface area contributed by atoms with Crippen molar-refractivity contribution in [3.8, 4) is 11.5 Å². The molecule has 0 unspecified atom stereocenters. The summed E-state index contributed by atoms with van der Waals surface area (Å²) in [5, 5.41) is 3.58. The Morgan fingerprint density at radius 2 is 1.83 bits per heavy atom. The number of hydrogen-bond donors (Lipinski definition) is 1. The number of hydrogen-bond acceptors (Lipinski definition) is 6. The molecule has 0 atom stereocenters. The number of nitrogens with one attached hydrogen (secondary N) is 1. The molecule has 1 aromatic heterocycles. The Morgan fingerprint density at radius 3 is 2.50 bits per heavy atom. The molecule has 1 aliphatic rings. The zero-order valence-electron chi connectivity index (χ0n) is 18.1. The van der Waals surface area contributed by atoms with Gasteiger partial charge in [-0.05, 0) is 44.0 Å². The van der Waals surface area contributed by atoms with Crippen LogP contribution in [0.1, 0.15) is 30.1 Å². The smallest absolute Gasteiger partial charge is 0.257 e. The van der Waals surface area contributed by atoms with Crippen molar-refractivity contribution >= 4 is 11.7 Å². The van der Waals surface area contributed by atoms with Crippen LogP contribution in [0.4, 0.5) is 5.82 Å². The van der Waals surface area contributed by atoms with Gasteiger partial charge in [0.1, 0.15) is 12.4 Å². The number of para-hydroxylation sites is 2. The van der Waals surface area contributed by atoms with Crippen LogP contribution in [0.25, 0.3) is 0 Å². The van der Waals surface area contributed by atoms with Crippen LogP contribution in [0.2, 0.25) is 0 Å². The summed E-state index contributed by atoms with van der Waals surface area (Å²) < 4.78 is 11.5. The van der Waals surface area contributed by atoms with Gasteiger partial charge in [0.2, 0.25) is 0 Å². The summed E-state index contributed by atoms with van der Waals surface area (Å²) in [6.07, 6.45) is 3.76. The van der Waals surface area contributed by atoms with Crippen LogP contribution in [0.3, 0.4) is 0 Å². The lowest BCUT2D eigenvalue weighted by molar-refractivity contribution is 0.0827. The number of carbonyl (C=O) groups excluding carboxylic acids is 1. The van der Waals surface area contributed by atoms with Crippen molar-refractivity contribution in [3.05, 3.63) is 48.2 Å². The van der Waals surface area contributed by atoms with E-state index in [1.54, 1.807) is 25.2 Å². The first-order chi connectivity index (χ1) is 14.6. The summed E-state index contributed by atoms with van der Waals surface area (Å²) in [6.45, 7) is 5.70. The molecule has 1 aromatic carbocycles. The Labute approximate surface area is 179 Å². The standard InChI is InChI=1S/C23H32N4O3/c1-4-29-20-9-5-6-10-21(20)30-17-14-24-18-11-15-27(16-12-18)22-19(8-7-13-25-22)23(28)26(2)3/h5-10,13,18,24H,4,11-12,14-17H2,1-3H3. The largest absolute Gasteiger partial charge is 0.490 e. The Morgan fingerprint density at radius 1 is 1.13 bits per heavy atom. The Kier molecular flexibility index (Phi) is 7.90. The highest BCUT2D eigenvalue weighted by molar-refractivity contribution is 5.98. The highest BCUT2D eigenvalue weighted by Gasteiger charge is 2.24. The lowest BCUT2D eigenvalue weighted by Crippen LogP contribution is -2.44. The molecular formula is C23H32N4O3. The normalized spacial score (nSPS) is 14.4. The minimum Gasteiger partial charge on any atom is -0.490 e. The van der Waals surface area contributed by atoms with Gasteiger partial charge in [-0.1, -0.05) is 12.1 Å². The van der Waals surface area contributed by atoms with Gasteiger partial charge in [-0.25, -0.2) is 4.98 Å². The molecule has 1 aliphatic heterocycles. The Hall–Kier alpha value is -2.80. The van der Waals surface area contributed by atoms with Crippen molar-refractivity contribution in [2.24, 2.45) is 0 Å². The van der Waals surface area contributed by atoms with Gasteiger partial charge in [0.15, 0.2) is 11.5 Å². The van der Waals surface area contributed by atoms with Gasteiger partial charge in [-0.2, -0.15) is 0 Å². The summed E-state index contributed by atoms with van der Waals surface area (Å²) >= 11 is 0. The number of piperidine rings is 1. The van der Waals surface area contributed by atoms with Gasteiger partial charge in [-0.3, -0.25) is 4.79 Å². The van der Waals surface area contributed by atoms with E-state index in [2.05, 4.69) is 15.2 Å². The van der Waals surface area contributed by atoms with Crippen LogP contribution >= 0.6 is 0 Å². The molecule has 1 saturated heterocycles. The van der Waals surface area contributed by atoms with Gasteiger partial charge in [0.25, 0.3) is 5.91 Å². The van der Waals surface area contributed by atoms with E-state index in [4.69, 9.17) is 9.47 Å². The third kappa shape index (κ3) is 5.63. The number of nitrogens with zero attached hydrogens (tertiary/aromatic N) is 3.